The average Bonchev–Trinajstić information content (AvgIpc) is 2.78. The van der Waals surface area contributed by atoms with Crippen LogP contribution in [0.3, 0.4) is 0 Å². The Morgan fingerprint density at radius 3 is 2.67 bits per heavy atom. The van der Waals surface area contributed by atoms with E-state index in [-0.39, 0.29) is 11.6 Å². The number of carbonyl (C=O) groups is 1. The van der Waals surface area contributed by atoms with E-state index in [1.165, 1.54) is 18.2 Å². The fourth-order valence-corrected chi connectivity index (χ4v) is 3.85. The van der Waals surface area contributed by atoms with Crippen molar-refractivity contribution in [2.24, 2.45) is 4.99 Å². The predicted octanol–water partition coefficient (Wildman–Crippen LogP) is 5.91. The van der Waals surface area contributed by atoms with Gasteiger partial charge in [0.25, 0.3) is 0 Å². The first-order chi connectivity index (χ1) is 15.8. The van der Waals surface area contributed by atoms with E-state index >= 15 is 0 Å². The fraction of sp³-hybridized carbons (Fsp3) is 0.231. The number of nitrogens with zero attached hydrogens (tertiary/aromatic N) is 2. The van der Waals surface area contributed by atoms with Crippen LogP contribution < -0.4 is 5.32 Å². The van der Waals surface area contributed by atoms with Crippen molar-refractivity contribution in [3.05, 3.63) is 106 Å². The summed E-state index contributed by atoms with van der Waals surface area (Å²) in [5, 5.41) is 3.38. The molecule has 1 aliphatic heterocycles. The smallest absolute Gasteiger partial charge is 0.338 e. The molecule has 1 unspecified atom stereocenters. The van der Waals surface area contributed by atoms with E-state index in [2.05, 4.69) is 11.9 Å². The van der Waals surface area contributed by atoms with Crippen molar-refractivity contribution in [3.63, 3.8) is 0 Å². The molecule has 2 aromatic carbocycles. The monoisotopic (exact) mass is 467 g/mol. The molecule has 1 aliphatic rings. The van der Waals surface area contributed by atoms with Crippen LogP contribution in [0.25, 0.3) is 0 Å². The number of aliphatic imine (C=N–C) groups is 1. The van der Waals surface area contributed by atoms with Crippen LogP contribution in [0.5, 0.6) is 0 Å². The van der Waals surface area contributed by atoms with Crippen LogP contribution in [0, 0.1) is 5.82 Å². The normalized spacial score (nSPS) is 15.8. The molecule has 0 fully saturated rings. The summed E-state index contributed by atoms with van der Waals surface area (Å²) in [4.78, 5) is 19.5. The van der Waals surface area contributed by atoms with Gasteiger partial charge in [-0.15, -0.1) is 0 Å². The number of allylic oxidation sites excluding steroid dienone is 2. The largest absolute Gasteiger partial charge is 0.463 e. The summed E-state index contributed by atoms with van der Waals surface area (Å²) in [5.41, 5.74) is 3.12. The summed E-state index contributed by atoms with van der Waals surface area (Å²) in [5.74, 6) is -0.484. The van der Waals surface area contributed by atoms with E-state index in [0.29, 0.717) is 34.9 Å². The first-order valence-electron chi connectivity index (χ1n) is 10.7. The van der Waals surface area contributed by atoms with Gasteiger partial charge in [-0.1, -0.05) is 60.7 Å². The molecule has 1 N–H and O–H groups in total. The van der Waals surface area contributed by atoms with Crippen molar-refractivity contribution < 1.29 is 13.9 Å². The van der Waals surface area contributed by atoms with Crippen molar-refractivity contribution >= 4 is 23.4 Å². The van der Waals surface area contributed by atoms with Crippen molar-refractivity contribution in [2.45, 2.75) is 33.4 Å². The number of halogens is 2. The van der Waals surface area contributed by atoms with Crippen LogP contribution >= 0.6 is 11.6 Å². The zero-order valence-electron chi connectivity index (χ0n) is 18.9. The highest BCUT2D eigenvalue weighted by molar-refractivity contribution is 6.31. The highest BCUT2D eigenvalue weighted by atomic mass is 35.5. The number of rotatable bonds is 8. The Kier molecular flexibility index (Phi) is 8.06. The molecule has 0 saturated carbocycles. The number of benzene rings is 2. The first-order valence-corrected chi connectivity index (χ1v) is 11.0. The van der Waals surface area contributed by atoms with E-state index in [1.807, 2.05) is 54.4 Å². The van der Waals surface area contributed by atoms with Crippen molar-refractivity contribution in [2.75, 3.05) is 6.61 Å². The Morgan fingerprint density at radius 1 is 1.30 bits per heavy atom. The number of hydrogen-bond donors (Lipinski definition) is 1. The average molecular weight is 468 g/mol. The second-order valence-electron chi connectivity index (χ2n) is 7.47. The maximum atomic E-state index is 13.7. The Hall–Kier alpha value is -3.38. The number of nitrogens with one attached hydrogen (secondary N) is 1. The molecule has 1 atom stereocenters. The Labute approximate surface area is 198 Å². The zero-order chi connectivity index (χ0) is 24.0. The van der Waals surface area contributed by atoms with Crippen LogP contribution in [-0.4, -0.2) is 23.3 Å². The van der Waals surface area contributed by atoms with Gasteiger partial charge >= 0.3 is 5.97 Å². The summed E-state index contributed by atoms with van der Waals surface area (Å²) in [6, 6.07) is 13.3. The molecule has 3 rings (SSSR count). The molecule has 0 saturated heterocycles. The molecule has 0 aromatic heterocycles. The summed E-state index contributed by atoms with van der Waals surface area (Å²) in [6.07, 6.45) is 3.83. The van der Waals surface area contributed by atoms with Gasteiger partial charge in [0.1, 0.15) is 17.7 Å². The SMILES string of the molecule is C=C(C1=NC(c2ccc(F)cc2Cl)C(C(=O)OCC)=C(C)N1)N(/C=C\C)Cc1ccccc1. The lowest BCUT2D eigenvalue weighted by Gasteiger charge is -2.30. The van der Waals surface area contributed by atoms with Crippen LogP contribution in [-0.2, 0) is 16.1 Å². The molecule has 1 heterocycles. The standard InChI is InChI=1S/C26H27ClFN3O2/c1-5-14-31(16-19-10-8-7-9-11-19)18(4)25-29-17(3)23(26(32)33-6-2)24(30-25)21-13-12-20(28)15-22(21)27/h5,7-15,24H,4,6,16H2,1-3H3,(H,29,30)/b14-5-. The number of esters is 1. The molecule has 0 bridgehead atoms. The lowest BCUT2D eigenvalue weighted by atomic mass is 9.95. The van der Waals surface area contributed by atoms with E-state index < -0.39 is 17.8 Å². The molecule has 2 aromatic rings. The maximum absolute atomic E-state index is 13.7. The maximum Gasteiger partial charge on any atom is 0.338 e. The molecule has 33 heavy (non-hydrogen) atoms. The molecule has 0 amide bonds. The topological polar surface area (TPSA) is 53.9 Å². The summed E-state index contributed by atoms with van der Waals surface area (Å²) >= 11 is 6.36. The molecule has 0 spiro atoms. The highest BCUT2D eigenvalue weighted by Crippen LogP contribution is 2.36. The lowest BCUT2D eigenvalue weighted by molar-refractivity contribution is -0.138. The molecule has 5 nitrogen and oxygen atoms in total. The third kappa shape index (κ3) is 5.71. The fourth-order valence-electron chi connectivity index (χ4n) is 3.58. The van der Waals surface area contributed by atoms with Crippen LogP contribution in [0.15, 0.2) is 89.3 Å². The van der Waals surface area contributed by atoms with Gasteiger partial charge in [-0.25, -0.2) is 9.18 Å². The molecular weight excluding hydrogens is 441 g/mol. The summed E-state index contributed by atoms with van der Waals surface area (Å²) in [7, 11) is 0. The van der Waals surface area contributed by atoms with Crippen LogP contribution in [0.2, 0.25) is 5.02 Å². The third-order valence-electron chi connectivity index (χ3n) is 5.14. The van der Waals surface area contributed by atoms with Gasteiger partial charge in [-0.2, -0.15) is 0 Å². The third-order valence-corrected chi connectivity index (χ3v) is 5.47. The minimum Gasteiger partial charge on any atom is -0.463 e. The Balaban J connectivity index is 2.02. The Bertz CT molecular complexity index is 1130. The minimum atomic E-state index is -0.769. The molecule has 0 radical (unpaired) electrons. The van der Waals surface area contributed by atoms with Crippen molar-refractivity contribution in [3.8, 4) is 0 Å². The summed E-state index contributed by atoms with van der Waals surface area (Å²) < 4.78 is 19.0. The van der Waals surface area contributed by atoms with Gasteiger partial charge in [0, 0.05) is 29.0 Å². The molecule has 172 valence electrons. The Morgan fingerprint density at radius 2 is 2.03 bits per heavy atom. The van der Waals surface area contributed by atoms with E-state index in [1.54, 1.807) is 13.8 Å². The lowest BCUT2D eigenvalue weighted by Crippen LogP contribution is -2.37. The minimum absolute atomic E-state index is 0.180. The summed E-state index contributed by atoms with van der Waals surface area (Å²) in [6.45, 7) is 10.5. The van der Waals surface area contributed by atoms with Gasteiger partial charge in [0.2, 0.25) is 0 Å². The number of carbonyl (C=O) groups excluding carboxylic acids is 1. The van der Waals surface area contributed by atoms with E-state index in [9.17, 15) is 9.18 Å². The van der Waals surface area contributed by atoms with Gasteiger partial charge in [-0.05, 0) is 38.5 Å². The second-order valence-corrected chi connectivity index (χ2v) is 7.88. The van der Waals surface area contributed by atoms with Gasteiger partial charge < -0.3 is 15.0 Å². The zero-order valence-corrected chi connectivity index (χ0v) is 19.7. The molecule has 0 aliphatic carbocycles. The predicted molar refractivity (Wildman–Crippen MR) is 130 cm³/mol. The second kappa shape index (κ2) is 11.0. The van der Waals surface area contributed by atoms with Crippen LogP contribution in [0.1, 0.15) is 37.9 Å². The number of hydrogen-bond acceptors (Lipinski definition) is 5. The van der Waals surface area contributed by atoms with E-state index in [4.69, 9.17) is 21.3 Å². The van der Waals surface area contributed by atoms with Gasteiger partial charge in [-0.3, -0.25) is 4.99 Å². The van der Waals surface area contributed by atoms with Gasteiger partial charge in [0.15, 0.2) is 0 Å². The first kappa shape index (κ1) is 24.3. The van der Waals surface area contributed by atoms with Gasteiger partial charge in [0.05, 0.1) is 17.9 Å². The molecular formula is C26H27ClFN3O2. The van der Waals surface area contributed by atoms with Crippen LogP contribution in [0.4, 0.5) is 4.39 Å². The van der Waals surface area contributed by atoms with Crippen molar-refractivity contribution in [1.29, 1.82) is 0 Å². The highest BCUT2D eigenvalue weighted by Gasteiger charge is 2.32. The van der Waals surface area contributed by atoms with E-state index in [0.717, 1.165) is 5.56 Å². The quantitative estimate of drug-likeness (QED) is 0.490. The van der Waals surface area contributed by atoms with Crippen molar-refractivity contribution in [1.82, 2.24) is 10.2 Å². The number of ether oxygens (including phenoxy) is 1. The number of amidine groups is 1. The molecule has 7 heteroatoms.